The van der Waals surface area contributed by atoms with Gasteiger partial charge < -0.3 is 4.74 Å². The van der Waals surface area contributed by atoms with Gasteiger partial charge in [-0.15, -0.1) is 0 Å². The first-order valence-corrected chi connectivity index (χ1v) is 9.17. The number of aryl methyl sites for hydroxylation is 2. The number of anilines is 1. The third kappa shape index (κ3) is 3.83. The molecule has 2 aromatic carbocycles. The van der Waals surface area contributed by atoms with Crippen molar-refractivity contribution in [2.75, 3.05) is 11.8 Å². The Morgan fingerprint density at radius 2 is 1.76 bits per heavy atom. The average molecular weight is 357 g/mol. The largest absolute Gasteiger partial charge is 0.497 e. The van der Waals surface area contributed by atoms with Crippen LogP contribution in [0.1, 0.15) is 11.3 Å². The van der Waals surface area contributed by atoms with Gasteiger partial charge in [-0.1, -0.05) is 0 Å². The van der Waals surface area contributed by atoms with E-state index in [0.29, 0.717) is 11.4 Å². The molecule has 0 unspecified atom stereocenters. The Morgan fingerprint density at radius 3 is 2.36 bits per heavy atom. The van der Waals surface area contributed by atoms with Crippen molar-refractivity contribution in [3.63, 3.8) is 0 Å². The molecule has 7 heteroatoms. The molecule has 0 fully saturated rings. The minimum atomic E-state index is -3.68. The van der Waals surface area contributed by atoms with Crippen molar-refractivity contribution in [1.29, 1.82) is 0 Å². The van der Waals surface area contributed by atoms with E-state index in [1.165, 1.54) is 19.2 Å². The zero-order valence-electron chi connectivity index (χ0n) is 14.2. The molecule has 0 radical (unpaired) electrons. The highest BCUT2D eigenvalue weighted by Gasteiger charge is 2.15. The summed E-state index contributed by atoms with van der Waals surface area (Å²) in [6, 6.07) is 13.6. The van der Waals surface area contributed by atoms with E-state index < -0.39 is 10.0 Å². The summed E-state index contributed by atoms with van der Waals surface area (Å²) >= 11 is 0. The minimum Gasteiger partial charge on any atom is -0.497 e. The first kappa shape index (κ1) is 17.0. The van der Waals surface area contributed by atoms with Gasteiger partial charge in [0.1, 0.15) is 5.75 Å². The van der Waals surface area contributed by atoms with E-state index >= 15 is 0 Å². The van der Waals surface area contributed by atoms with Crippen LogP contribution in [0.2, 0.25) is 0 Å². The minimum absolute atomic E-state index is 0.172. The lowest BCUT2D eigenvalue weighted by molar-refractivity contribution is 0.414. The molecule has 0 bridgehead atoms. The molecule has 25 heavy (non-hydrogen) atoms. The highest BCUT2D eigenvalue weighted by atomic mass is 32.2. The maximum Gasteiger partial charge on any atom is 0.261 e. The lowest BCUT2D eigenvalue weighted by Crippen LogP contribution is -2.13. The van der Waals surface area contributed by atoms with Gasteiger partial charge in [0.15, 0.2) is 0 Å². The van der Waals surface area contributed by atoms with Crippen molar-refractivity contribution in [3.8, 4) is 11.4 Å². The molecule has 1 heterocycles. The summed E-state index contributed by atoms with van der Waals surface area (Å²) in [6.07, 6.45) is 1.84. The Labute approximate surface area is 147 Å². The van der Waals surface area contributed by atoms with Gasteiger partial charge in [-0.25, -0.2) is 13.1 Å². The standard InChI is InChI=1S/C18H19N3O3S/c1-13-10-15(12-16(11-13)21-9-8-14(2)19-21)20-25(22,23)18-6-4-17(24-3)5-7-18/h4-12,20H,1-3H3. The molecular formula is C18H19N3O3S. The zero-order chi connectivity index (χ0) is 18.0. The van der Waals surface area contributed by atoms with E-state index in [1.54, 1.807) is 28.9 Å². The van der Waals surface area contributed by atoms with Crippen molar-refractivity contribution in [2.24, 2.45) is 0 Å². The van der Waals surface area contributed by atoms with Crippen LogP contribution in [0.15, 0.2) is 59.6 Å². The fraction of sp³-hybridized carbons (Fsp3) is 0.167. The molecule has 1 N–H and O–H groups in total. The molecular weight excluding hydrogens is 338 g/mol. The van der Waals surface area contributed by atoms with Gasteiger partial charge in [0.2, 0.25) is 0 Å². The second-order valence-electron chi connectivity index (χ2n) is 5.74. The van der Waals surface area contributed by atoms with Crippen LogP contribution in [0, 0.1) is 13.8 Å². The summed E-state index contributed by atoms with van der Waals surface area (Å²) in [5.41, 5.74) is 3.10. The summed E-state index contributed by atoms with van der Waals surface area (Å²) in [4.78, 5) is 0.172. The van der Waals surface area contributed by atoms with E-state index in [-0.39, 0.29) is 4.90 Å². The Bertz CT molecular complexity index is 993. The van der Waals surface area contributed by atoms with Crippen molar-refractivity contribution in [1.82, 2.24) is 9.78 Å². The fourth-order valence-corrected chi connectivity index (χ4v) is 3.52. The fourth-order valence-electron chi connectivity index (χ4n) is 2.48. The second-order valence-corrected chi connectivity index (χ2v) is 7.42. The molecule has 130 valence electrons. The summed E-state index contributed by atoms with van der Waals surface area (Å²) < 4.78 is 34.6. The molecule has 6 nitrogen and oxygen atoms in total. The number of hydrogen-bond donors (Lipinski definition) is 1. The van der Waals surface area contributed by atoms with Crippen LogP contribution in [-0.4, -0.2) is 25.3 Å². The van der Waals surface area contributed by atoms with Crippen LogP contribution in [0.25, 0.3) is 5.69 Å². The lowest BCUT2D eigenvalue weighted by atomic mass is 10.2. The number of ether oxygens (including phenoxy) is 1. The van der Waals surface area contributed by atoms with Gasteiger partial charge >= 0.3 is 0 Å². The topological polar surface area (TPSA) is 73.2 Å². The smallest absolute Gasteiger partial charge is 0.261 e. The predicted octanol–water partition coefficient (Wildman–Crippen LogP) is 3.30. The van der Waals surface area contributed by atoms with Gasteiger partial charge in [-0.2, -0.15) is 5.10 Å². The number of nitrogens with zero attached hydrogens (tertiary/aromatic N) is 2. The van der Waals surface area contributed by atoms with E-state index in [0.717, 1.165) is 16.9 Å². The lowest BCUT2D eigenvalue weighted by Gasteiger charge is -2.11. The molecule has 0 aliphatic rings. The summed E-state index contributed by atoms with van der Waals surface area (Å²) in [7, 11) is -2.15. The van der Waals surface area contributed by atoms with Crippen LogP contribution in [0.3, 0.4) is 0 Å². The van der Waals surface area contributed by atoms with Crippen molar-refractivity contribution < 1.29 is 13.2 Å². The Balaban J connectivity index is 1.92. The molecule has 0 saturated carbocycles. The van der Waals surface area contributed by atoms with Gasteiger partial charge in [-0.3, -0.25) is 4.72 Å². The van der Waals surface area contributed by atoms with E-state index in [4.69, 9.17) is 4.74 Å². The molecule has 0 saturated heterocycles. The number of aromatic nitrogens is 2. The molecule has 0 aliphatic heterocycles. The van der Waals surface area contributed by atoms with Crippen LogP contribution >= 0.6 is 0 Å². The number of nitrogens with one attached hydrogen (secondary N) is 1. The Hall–Kier alpha value is -2.80. The number of benzene rings is 2. The van der Waals surface area contributed by atoms with Crippen LogP contribution in [0.5, 0.6) is 5.75 Å². The summed E-state index contributed by atoms with van der Waals surface area (Å²) in [5, 5.41) is 4.36. The van der Waals surface area contributed by atoms with Crippen LogP contribution in [0.4, 0.5) is 5.69 Å². The first-order valence-electron chi connectivity index (χ1n) is 7.68. The van der Waals surface area contributed by atoms with E-state index in [1.807, 2.05) is 32.2 Å². The molecule has 1 aromatic heterocycles. The van der Waals surface area contributed by atoms with E-state index in [9.17, 15) is 8.42 Å². The molecule has 3 rings (SSSR count). The quantitative estimate of drug-likeness (QED) is 0.760. The SMILES string of the molecule is COc1ccc(S(=O)(=O)Nc2cc(C)cc(-n3ccc(C)n3)c2)cc1. The molecule has 0 spiro atoms. The highest BCUT2D eigenvalue weighted by molar-refractivity contribution is 7.92. The van der Waals surface area contributed by atoms with Gasteiger partial charge in [0.05, 0.1) is 29.1 Å². The predicted molar refractivity (Wildman–Crippen MR) is 96.8 cm³/mol. The third-order valence-electron chi connectivity index (χ3n) is 3.67. The van der Waals surface area contributed by atoms with Gasteiger partial charge in [0.25, 0.3) is 10.0 Å². The van der Waals surface area contributed by atoms with Crippen LogP contribution < -0.4 is 9.46 Å². The number of methoxy groups -OCH3 is 1. The number of rotatable bonds is 5. The molecule has 3 aromatic rings. The summed E-state index contributed by atoms with van der Waals surface area (Å²) in [6.45, 7) is 3.81. The molecule has 0 aliphatic carbocycles. The van der Waals surface area contributed by atoms with E-state index in [2.05, 4.69) is 9.82 Å². The second kappa shape index (κ2) is 6.60. The average Bonchev–Trinajstić information content (AvgIpc) is 3.00. The molecule has 0 atom stereocenters. The Kier molecular flexibility index (Phi) is 4.50. The zero-order valence-corrected chi connectivity index (χ0v) is 15.0. The third-order valence-corrected chi connectivity index (χ3v) is 5.07. The van der Waals surface area contributed by atoms with Gasteiger partial charge in [-0.05, 0) is 67.9 Å². The van der Waals surface area contributed by atoms with Crippen molar-refractivity contribution in [2.45, 2.75) is 18.7 Å². The van der Waals surface area contributed by atoms with Crippen molar-refractivity contribution >= 4 is 15.7 Å². The first-order chi connectivity index (χ1) is 11.9. The number of hydrogen-bond acceptors (Lipinski definition) is 4. The molecule has 0 amide bonds. The monoisotopic (exact) mass is 357 g/mol. The van der Waals surface area contributed by atoms with Crippen LogP contribution in [-0.2, 0) is 10.0 Å². The van der Waals surface area contributed by atoms with Gasteiger partial charge in [0, 0.05) is 6.20 Å². The van der Waals surface area contributed by atoms with Crippen molar-refractivity contribution in [3.05, 3.63) is 66.0 Å². The Morgan fingerprint density at radius 1 is 1.04 bits per heavy atom. The normalized spacial score (nSPS) is 11.3. The highest BCUT2D eigenvalue weighted by Crippen LogP contribution is 2.22. The summed E-state index contributed by atoms with van der Waals surface area (Å²) in [5.74, 6) is 0.603. The number of sulfonamides is 1. The maximum absolute atomic E-state index is 12.6. The maximum atomic E-state index is 12.6.